The molecule has 0 saturated heterocycles. The van der Waals surface area contributed by atoms with Crippen LogP contribution in [-0.2, 0) is 9.47 Å². The molecule has 0 fully saturated rings. The molecule has 72 valence electrons. The Morgan fingerprint density at radius 2 is 2.23 bits per heavy atom. The molecule has 0 spiro atoms. The number of rotatable bonds is 5. The van der Waals surface area contributed by atoms with Crippen LogP contribution in [0.4, 0.5) is 0 Å². The molecule has 1 aromatic rings. The molecule has 1 heterocycles. The van der Waals surface area contributed by atoms with E-state index in [1.54, 1.807) is 25.6 Å². The molecule has 0 aliphatic rings. The Labute approximate surface area is 81.8 Å². The van der Waals surface area contributed by atoms with Crippen molar-refractivity contribution in [3.05, 3.63) is 22.4 Å². The van der Waals surface area contributed by atoms with Gasteiger partial charge < -0.3 is 14.9 Å². The Morgan fingerprint density at radius 3 is 2.69 bits per heavy atom. The van der Waals surface area contributed by atoms with Gasteiger partial charge >= 0.3 is 0 Å². The van der Waals surface area contributed by atoms with Crippen molar-refractivity contribution in [2.75, 3.05) is 14.2 Å². The van der Waals surface area contributed by atoms with E-state index >= 15 is 0 Å². The van der Waals surface area contributed by atoms with Crippen molar-refractivity contribution < 1.29 is 9.47 Å². The predicted molar refractivity (Wildman–Crippen MR) is 53.6 cm³/mol. The molecule has 1 N–H and O–H groups in total. The van der Waals surface area contributed by atoms with Crippen molar-refractivity contribution in [2.45, 2.75) is 12.7 Å². The van der Waals surface area contributed by atoms with Gasteiger partial charge in [-0.2, -0.15) is 0 Å². The van der Waals surface area contributed by atoms with E-state index in [9.17, 15) is 0 Å². The highest BCUT2D eigenvalue weighted by molar-refractivity contribution is 7.12. The SMILES string of the molecule is COC(CC(=N)c1cccs1)OC. The number of hydrogen-bond donors (Lipinski definition) is 1. The van der Waals surface area contributed by atoms with Gasteiger partial charge in [-0.05, 0) is 11.4 Å². The van der Waals surface area contributed by atoms with Gasteiger partial charge in [-0.1, -0.05) is 6.07 Å². The van der Waals surface area contributed by atoms with Gasteiger partial charge in [-0.3, -0.25) is 0 Å². The van der Waals surface area contributed by atoms with E-state index in [2.05, 4.69) is 0 Å². The molecule has 4 heteroatoms. The molecule has 1 rings (SSSR count). The molecule has 13 heavy (non-hydrogen) atoms. The van der Waals surface area contributed by atoms with E-state index in [1.807, 2.05) is 17.5 Å². The molecule has 0 bridgehead atoms. The lowest BCUT2D eigenvalue weighted by atomic mass is 10.2. The summed E-state index contributed by atoms with van der Waals surface area (Å²) in [5.41, 5.74) is 0.559. The molecule has 0 aliphatic carbocycles. The normalized spacial score (nSPS) is 10.7. The lowest BCUT2D eigenvalue weighted by molar-refractivity contribution is -0.0957. The second kappa shape index (κ2) is 5.11. The first kappa shape index (κ1) is 10.4. The topological polar surface area (TPSA) is 42.3 Å². The molecule has 1 aromatic heterocycles. The quantitative estimate of drug-likeness (QED) is 0.583. The fourth-order valence-electron chi connectivity index (χ4n) is 0.980. The zero-order chi connectivity index (χ0) is 9.68. The van der Waals surface area contributed by atoms with E-state index < -0.39 is 0 Å². The highest BCUT2D eigenvalue weighted by Crippen LogP contribution is 2.13. The summed E-state index contributed by atoms with van der Waals surface area (Å²) in [6.45, 7) is 0. The zero-order valence-electron chi connectivity index (χ0n) is 7.74. The van der Waals surface area contributed by atoms with Gasteiger partial charge in [0.15, 0.2) is 6.29 Å². The smallest absolute Gasteiger partial charge is 0.162 e. The summed E-state index contributed by atoms with van der Waals surface area (Å²) in [5, 5.41) is 9.69. The molecule has 0 amide bonds. The molecular formula is C9H13NO2S. The number of nitrogens with one attached hydrogen (secondary N) is 1. The van der Waals surface area contributed by atoms with E-state index in [0.29, 0.717) is 12.1 Å². The first-order chi connectivity index (χ1) is 6.27. The minimum absolute atomic E-state index is 0.311. The van der Waals surface area contributed by atoms with Crippen molar-refractivity contribution in [1.29, 1.82) is 5.41 Å². The Hall–Kier alpha value is -0.710. The van der Waals surface area contributed by atoms with E-state index in [-0.39, 0.29) is 6.29 Å². The lowest BCUT2D eigenvalue weighted by Crippen LogP contribution is -2.17. The largest absolute Gasteiger partial charge is 0.356 e. The third kappa shape index (κ3) is 2.91. The van der Waals surface area contributed by atoms with Crippen LogP contribution in [0.15, 0.2) is 17.5 Å². The molecule has 0 aliphatic heterocycles. The van der Waals surface area contributed by atoms with E-state index in [1.165, 1.54) is 0 Å². The number of methoxy groups -OCH3 is 2. The van der Waals surface area contributed by atoms with Gasteiger partial charge in [0.05, 0.1) is 5.71 Å². The zero-order valence-corrected chi connectivity index (χ0v) is 8.56. The maximum absolute atomic E-state index is 7.73. The summed E-state index contributed by atoms with van der Waals surface area (Å²) < 4.78 is 10.0. The fourth-order valence-corrected chi connectivity index (χ4v) is 1.67. The van der Waals surface area contributed by atoms with Crippen LogP contribution in [0.25, 0.3) is 0 Å². The maximum atomic E-state index is 7.73. The van der Waals surface area contributed by atoms with Crippen LogP contribution in [0, 0.1) is 5.41 Å². The molecule has 0 saturated carbocycles. The van der Waals surface area contributed by atoms with Crippen molar-refractivity contribution >= 4 is 17.0 Å². The molecule has 0 unspecified atom stereocenters. The minimum atomic E-state index is -0.311. The van der Waals surface area contributed by atoms with Crippen LogP contribution in [0.5, 0.6) is 0 Å². The summed E-state index contributed by atoms with van der Waals surface area (Å²) in [6.07, 6.45) is 0.183. The van der Waals surface area contributed by atoms with Crippen LogP contribution in [0.1, 0.15) is 11.3 Å². The van der Waals surface area contributed by atoms with Gasteiger partial charge in [0, 0.05) is 25.5 Å². The van der Waals surface area contributed by atoms with Crippen molar-refractivity contribution in [3.8, 4) is 0 Å². The fraction of sp³-hybridized carbons (Fsp3) is 0.444. The number of thiophene rings is 1. The Kier molecular flexibility index (Phi) is 4.08. The van der Waals surface area contributed by atoms with Gasteiger partial charge in [0.1, 0.15) is 0 Å². The van der Waals surface area contributed by atoms with Crippen LogP contribution >= 0.6 is 11.3 Å². The molecule has 0 radical (unpaired) electrons. The number of ether oxygens (including phenoxy) is 2. The third-order valence-electron chi connectivity index (χ3n) is 1.72. The Balaban J connectivity index is 2.50. The predicted octanol–water partition coefficient (Wildman–Crippen LogP) is 2.12. The van der Waals surface area contributed by atoms with Gasteiger partial charge in [-0.15, -0.1) is 11.3 Å². The minimum Gasteiger partial charge on any atom is -0.356 e. The average Bonchev–Trinajstić information content (AvgIpc) is 2.66. The van der Waals surface area contributed by atoms with Gasteiger partial charge in [0.2, 0.25) is 0 Å². The Bertz CT molecular complexity index is 255. The summed E-state index contributed by atoms with van der Waals surface area (Å²) >= 11 is 1.56. The molecule has 3 nitrogen and oxygen atoms in total. The average molecular weight is 199 g/mol. The van der Waals surface area contributed by atoms with Crippen LogP contribution < -0.4 is 0 Å². The van der Waals surface area contributed by atoms with E-state index in [4.69, 9.17) is 14.9 Å². The molecular weight excluding hydrogens is 186 g/mol. The van der Waals surface area contributed by atoms with E-state index in [0.717, 1.165) is 4.88 Å². The lowest BCUT2D eigenvalue weighted by Gasteiger charge is -2.12. The first-order valence-corrected chi connectivity index (χ1v) is 4.82. The molecule has 0 atom stereocenters. The van der Waals surface area contributed by atoms with Crippen molar-refractivity contribution in [2.24, 2.45) is 0 Å². The summed E-state index contributed by atoms with van der Waals surface area (Å²) in [6, 6.07) is 3.86. The maximum Gasteiger partial charge on any atom is 0.162 e. The highest BCUT2D eigenvalue weighted by Gasteiger charge is 2.10. The number of hydrogen-bond acceptors (Lipinski definition) is 4. The summed E-state index contributed by atoms with van der Waals surface area (Å²) in [5.74, 6) is 0. The monoisotopic (exact) mass is 199 g/mol. The van der Waals surface area contributed by atoms with Crippen molar-refractivity contribution in [1.82, 2.24) is 0 Å². The van der Waals surface area contributed by atoms with Gasteiger partial charge in [-0.25, -0.2) is 0 Å². The highest BCUT2D eigenvalue weighted by atomic mass is 32.1. The summed E-state index contributed by atoms with van der Waals surface area (Å²) in [4.78, 5) is 0.971. The van der Waals surface area contributed by atoms with Crippen molar-refractivity contribution in [3.63, 3.8) is 0 Å². The van der Waals surface area contributed by atoms with Crippen LogP contribution in [0.3, 0.4) is 0 Å². The van der Waals surface area contributed by atoms with Gasteiger partial charge in [0.25, 0.3) is 0 Å². The second-order valence-electron chi connectivity index (χ2n) is 2.56. The standard InChI is InChI=1S/C9H13NO2S/c1-11-9(12-2)6-7(10)8-4-3-5-13-8/h3-5,9-10H,6H2,1-2H3. The van der Waals surface area contributed by atoms with Crippen LogP contribution in [0.2, 0.25) is 0 Å². The third-order valence-corrected chi connectivity index (χ3v) is 2.64. The molecule has 0 aromatic carbocycles. The summed E-state index contributed by atoms with van der Waals surface area (Å²) in [7, 11) is 3.16. The Morgan fingerprint density at radius 1 is 1.54 bits per heavy atom. The second-order valence-corrected chi connectivity index (χ2v) is 3.51. The van der Waals surface area contributed by atoms with Crippen LogP contribution in [-0.4, -0.2) is 26.2 Å². The first-order valence-electron chi connectivity index (χ1n) is 3.94.